The largest absolute Gasteiger partial charge is 0.495 e. The van der Waals surface area contributed by atoms with Crippen LogP contribution in [0.2, 0.25) is 0 Å². The maximum absolute atomic E-state index is 13.4. The number of pyridine rings is 1. The second-order valence-electron chi connectivity index (χ2n) is 9.30. The number of aromatic nitrogens is 2. The average molecular weight is 483 g/mol. The minimum atomic E-state index is -4.12. The summed E-state index contributed by atoms with van der Waals surface area (Å²) in [4.78, 5) is 6.19. The van der Waals surface area contributed by atoms with Gasteiger partial charge in [0.15, 0.2) is 16.5 Å². The van der Waals surface area contributed by atoms with Crippen LogP contribution in [0.25, 0.3) is 11.3 Å². The standard InChI is InChI=1S/C24H26N4O5S/c1-14-12-24(14)13-17-20(16-11-15(5-6-18(16)24)28-9-4-10-28)33-26-22(17)27-34(29,30)21-19(31-2)7-8-25-23(21)32-3/h5-8,11,14H,4,9-10,12-13H2,1-3H3,(H,26,27). The number of rotatable bonds is 6. The van der Waals surface area contributed by atoms with Gasteiger partial charge in [-0.1, -0.05) is 18.1 Å². The van der Waals surface area contributed by atoms with Crippen LogP contribution in [0.3, 0.4) is 0 Å². The van der Waals surface area contributed by atoms with Crippen molar-refractivity contribution in [3.63, 3.8) is 0 Å². The summed E-state index contributed by atoms with van der Waals surface area (Å²) >= 11 is 0. The third kappa shape index (κ3) is 3.01. The van der Waals surface area contributed by atoms with Crippen molar-refractivity contribution in [2.45, 2.75) is 36.5 Å². The summed E-state index contributed by atoms with van der Waals surface area (Å²) in [6.45, 7) is 4.33. The van der Waals surface area contributed by atoms with E-state index in [4.69, 9.17) is 14.0 Å². The van der Waals surface area contributed by atoms with Crippen LogP contribution in [0.5, 0.6) is 11.6 Å². The molecule has 3 aliphatic rings. The highest BCUT2D eigenvalue weighted by Crippen LogP contribution is 2.62. The lowest BCUT2D eigenvalue weighted by atomic mass is 9.77. The molecule has 3 heterocycles. The van der Waals surface area contributed by atoms with Gasteiger partial charge in [-0.2, -0.15) is 0 Å². The monoisotopic (exact) mass is 482 g/mol. The second kappa shape index (κ2) is 7.36. The number of methoxy groups -OCH3 is 2. The van der Waals surface area contributed by atoms with Gasteiger partial charge in [-0.05, 0) is 42.9 Å². The van der Waals surface area contributed by atoms with Gasteiger partial charge in [0.25, 0.3) is 10.0 Å². The molecule has 1 aromatic carbocycles. The fourth-order valence-electron chi connectivity index (χ4n) is 5.35. The number of hydrogen-bond acceptors (Lipinski definition) is 8. The molecule has 1 saturated carbocycles. The molecule has 1 spiro atoms. The number of ether oxygens (including phenoxy) is 2. The summed E-state index contributed by atoms with van der Waals surface area (Å²) in [6, 6.07) is 8.05. The number of fused-ring (bicyclic) bond motifs is 4. The van der Waals surface area contributed by atoms with Crippen LogP contribution in [0.4, 0.5) is 11.5 Å². The molecule has 2 aliphatic carbocycles. The van der Waals surface area contributed by atoms with Crippen LogP contribution in [0.1, 0.15) is 30.9 Å². The summed E-state index contributed by atoms with van der Waals surface area (Å²) < 4.78 is 45.7. The first-order valence-electron chi connectivity index (χ1n) is 11.4. The number of benzene rings is 1. The van der Waals surface area contributed by atoms with Gasteiger partial charge in [0.1, 0.15) is 5.75 Å². The fraction of sp³-hybridized carbons (Fsp3) is 0.417. The molecule has 2 unspecified atom stereocenters. The molecule has 0 radical (unpaired) electrons. The Morgan fingerprint density at radius 2 is 2.00 bits per heavy atom. The Morgan fingerprint density at radius 3 is 2.65 bits per heavy atom. The molecule has 2 fully saturated rings. The molecule has 34 heavy (non-hydrogen) atoms. The molecule has 3 aromatic rings. The molecular weight excluding hydrogens is 456 g/mol. The van der Waals surface area contributed by atoms with Crippen LogP contribution < -0.4 is 19.1 Å². The molecule has 1 N–H and O–H groups in total. The van der Waals surface area contributed by atoms with Crippen LogP contribution >= 0.6 is 0 Å². The van der Waals surface area contributed by atoms with Crippen molar-refractivity contribution in [2.75, 3.05) is 36.9 Å². The van der Waals surface area contributed by atoms with Crippen LogP contribution in [0, 0.1) is 5.92 Å². The molecule has 1 saturated heterocycles. The molecule has 2 atom stereocenters. The first kappa shape index (κ1) is 21.3. The molecule has 10 heteroatoms. The molecule has 9 nitrogen and oxygen atoms in total. The number of hydrogen-bond donors (Lipinski definition) is 1. The predicted octanol–water partition coefficient (Wildman–Crippen LogP) is 3.60. The van der Waals surface area contributed by atoms with Gasteiger partial charge in [-0.3, -0.25) is 4.72 Å². The summed E-state index contributed by atoms with van der Waals surface area (Å²) in [7, 11) is -1.36. The molecule has 1 aliphatic heterocycles. The SMILES string of the molecule is COc1ccnc(OC)c1S(=O)(=O)Nc1noc2c1CC1(CC1C)c1ccc(N3CCC3)cc1-2. The van der Waals surface area contributed by atoms with E-state index >= 15 is 0 Å². The molecule has 2 aromatic heterocycles. The number of anilines is 2. The molecule has 0 bridgehead atoms. The predicted molar refractivity (Wildman–Crippen MR) is 126 cm³/mol. The minimum absolute atomic E-state index is 0.0226. The van der Waals surface area contributed by atoms with E-state index in [-0.39, 0.29) is 27.8 Å². The highest BCUT2D eigenvalue weighted by atomic mass is 32.2. The molecular formula is C24H26N4O5S. The van der Waals surface area contributed by atoms with Crippen LogP contribution in [-0.2, 0) is 21.9 Å². The number of sulfonamides is 1. The lowest BCUT2D eigenvalue weighted by Crippen LogP contribution is -2.37. The van der Waals surface area contributed by atoms with Crippen molar-refractivity contribution in [3.05, 3.63) is 41.6 Å². The fourth-order valence-corrected chi connectivity index (χ4v) is 6.65. The average Bonchev–Trinajstić information content (AvgIpc) is 3.26. The van der Waals surface area contributed by atoms with Crippen LogP contribution in [0.15, 0.2) is 39.9 Å². The zero-order chi connectivity index (χ0) is 23.7. The zero-order valence-corrected chi connectivity index (χ0v) is 20.1. The summed E-state index contributed by atoms with van der Waals surface area (Å²) in [5.41, 5.74) is 4.18. The quantitative estimate of drug-likeness (QED) is 0.568. The topological polar surface area (TPSA) is 107 Å². The van der Waals surface area contributed by atoms with Crippen molar-refractivity contribution >= 4 is 21.5 Å². The summed E-state index contributed by atoms with van der Waals surface area (Å²) in [5, 5.41) is 4.16. The lowest BCUT2D eigenvalue weighted by Gasteiger charge is -2.34. The molecule has 6 rings (SSSR count). The Balaban J connectivity index is 1.43. The molecule has 0 amide bonds. The Bertz CT molecular complexity index is 1380. The van der Waals surface area contributed by atoms with E-state index in [1.807, 2.05) is 0 Å². The Hall–Kier alpha value is -3.27. The smallest absolute Gasteiger partial charge is 0.272 e. The van der Waals surface area contributed by atoms with Gasteiger partial charge < -0.3 is 18.9 Å². The van der Waals surface area contributed by atoms with Gasteiger partial charge in [-0.25, -0.2) is 13.4 Å². The lowest BCUT2D eigenvalue weighted by molar-refractivity contribution is 0.361. The first-order valence-corrected chi connectivity index (χ1v) is 12.8. The van der Waals surface area contributed by atoms with E-state index in [1.54, 1.807) is 0 Å². The zero-order valence-electron chi connectivity index (χ0n) is 19.3. The molecule has 178 valence electrons. The van der Waals surface area contributed by atoms with Crippen molar-refractivity contribution in [1.82, 2.24) is 10.1 Å². The normalized spacial score (nSPS) is 22.6. The second-order valence-corrected chi connectivity index (χ2v) is 10.9. The van der Waals surface area contributed by atoms with E-state index < -0.39 is 10.0 Å². The van der Waals surface area contributed by atoms with Gasteiger partial charge in [0.05, 0.1) is 14.2 Å². The minimum Gasteiger partial charge on any atom is -0.495 e. The van der Waals surface area contributed by atoms with E-state index in [0.717, 1.165) is 36.3 Å². The van der Waals surface area contributed by atoms with E-state index in [0.29, 0.717) is 18.1 Å². The van der Waals surface area contributed by atoms with Crippen molar-refractivity contribution < 1.29 is 22.4 Å². The third-order valence-electron chi connectivity index (χ3n) is 7.49. The van der Waals surface area contributed by atoms with Gasteiger partial charge in [0.2, 0.25) is 5.88 Å². The highest BCUT2D eigenvalue weighted by molar-refractivity contribution is 7.93. The Morgan fingerprint density at radius 1 is 1.21 bits per heavy atom. The summed E-state index contributed by atoms with van der Waals surface area (Å²) in [5.74, 6) is 1.40. The van der Waals surface area contributed by atoms with Gasteiger partial charge in [0, 0.05) is 47.6 Å². The maximum Gasteiger partial charge on any atom is 0.272 e. The summed E-state index contributed by atoms with van der Waals surface area (Å²) in [6.07, 6.45) is 4.34. The van der Waals surface area contributed by atoms with E-state index in [1.165, 1.54) is 38.5 Å². The van der Waals surface area contributed by atoms with Crippen molar-refractivity contribution in [1.29, 1.82) is 0 Å². The Kier molecular flexibility index (Phi) is 4.61. The number of nitrogens with one attached hydrogen (secondary N) is 1. The number of nitrogens with zero attached hydrogens (tertiary/aromatic N) is 3. The van der Waals surface area contributed by atoms with E-state index in [9.17, 15) is 8.42 Å². The third-order valence-corrected chi connectivity index (χ3v) is 8.86. The van der Waals surface area contributed by atoms with Crippen molar-refractivity contribution in [2.24, 2.45) is 5.92 Å². The van der Waals surface area contributed by atoms with Gasteiger partial charge >= 0.3 is 0 Å². The first-order chi connectivity index (χ1) is 16.4. The maximum atomic E-state index is 13.4. The highest BCUT2D eigenvalue weighted by Gasteiger charge is 2.56. The van der Waals surface area contributed by atoms with Crippen LogP contribution in [-0.4, -0.2) is 45.9 Å². The van der Waals surface area contributed by atoms with E-state index in [2.05, 4.69) is 44.9 Å². The van der Waals surface area contributed by atoms with Crippen molar-refractivity contribution in [3.8, 4) is 23.0 Å². The Labute approximate surface area is 198 Å². The van der Waals surface area contributed by atoms with Gasteiger partial charge in [-0.15, -0.1) is 0 Å².